The van der Waals surface area contributed by atoms with Crippen molar-refractivity contribution in [1.82, 2.24) is 0 Å². The smallest absolute Gasteiger partial charge is 0.317 e. The maximum Gasteiger partial charge on any atom is 0.317 e. The summed E-state index contributed by atoms with van der Waals surface area (Å²) < 4.78 is 39.3. The van der Waals surface area contributed by atoms with Gasteiger partial charge in [0.2, 0.25) is 6.79 Å². The van der Waals surface area contributed by atoms with Gasteiger partial charge in [-0.1, -0.05) is 0 Å². The van der Waals surface area contributed by atoms with E-state index in [-0.39, 0.29) is 37.7 Å². The third kappa shape index (κ3) is 5.49. The molecule has 226 valence electrons. The van der Waals surface area contributed by atoms with E-state index in [1.807, 2.05) is 6.07 Å². The first-order valence-electron chi connectivity index (χ1n) is 13.2. The minimum Gasteiger partial charge on any atom is -0.492 e. The molecule has 7 atom stereocenters. The Morgan fingerprint density at radius 1 is 0.976 bits per heavy atom. The topological polar surface area (TPSA) is 204 Å². The number of nitrogens with two attached hydrogens (primary N) is 1. The third-order valence-electron chi connectivity index (χ3n) is 7.23. The predicted octanol–water partition coefficient (Wildman–Crippen LogP) is 0.144. The van der Waals surface area contributed by atoms with Crippen LogP contribution in [0.3, 0.4) is 0 Å². The van der Waals surface area contributed by atoms with Crippen LogP contribution in [-0.2, 0) is 28.7 Å². The molecule has 5 N–H and O–H groups in total. The van der Waals surface area contributed by atoms with E-state index in [0.717, 1.165) is 5.56 Å². The zero-order valence-corrected chi connectivity index (χ0v) is 22.1. The molecule has 1 saturated heterocycles. The maximum absolute atomic E-state index is 11.6. The molecule has 0 aromatic heterocycles. The van der Waals surface area contributed by atoms with E-state index in [4.69, 9.17) is 53.8 Å². The Morgan fingerprint density at radius 3 is 2.57 bits per heavy atom. The minimum atomic E-state index is -1.60. The van der Waals surface area contributed by atoms with Gasteiger partial charge in [-0.25, -0.2) is 0 Å². The normalized spacial score (nSPS) is 28.5. The van der Waals surface area contributed by atoms with E-state index in [2.05, 4.69) is 0 Å². The summed E-state index contributed by atoms with van der Waals surface area (Å²) in [4.78, 5) is 33.4. The number of aliphatic hydroxyl groups is 2. The van der Waals surface area contributed by atoms with Gasteiger partial charge in [-0.15, -0.1) is 0 Å². The summed E-state index contributed by atoms with van der Waals surface area (Å²) in [5.74, 6) is 0.282. The van der Waals surface area contributed by atoms with Crippen molar-refractivity contribution in [2.75, 3.05) is 33.2 Å². The number of hydrogen-bond acceptors (Lipinski definition) is 14. The minimum absolute atomic E-state index is 0.00945. The van der Waals surface area contributed by atoms with Gasteiger partial charge in [0.1, 0.15) is 48.9 Å². The summed E-state index contributed by atoms with van der Waals surface area (Å²) in [7, 11) is 0. The Labute approximate surface area is 238 Å². The molecule has 4 aliphatic rings. The number of ether oxygens (including phenoxy) is 7. The molecule has 0 bridgehead atoms. The van der Waals surface area contributed by atoms with Gasteiger partial charge in [0, 0.05) is 23.7 Å². The molecule has 0 amide bonds. The van der Waals surface area contributed by atoms with Gasteiger partial charge in [0.05, 0.1) is 19.1 Å². The van der Waals surface area contributed by atoms with Gasteiger partial charge in [0.25, 0.3) is 0 Å². The lowest BCUT2D eigenvalue weighted by Gasteiger charge is -2.40. The molecular weight excluding hydrogens is 562 g/mol. The largest absolute Gasteiger partial charge is 0.492 e. The van der Waals surface area contributed by atoms with Crippen LogP contribution in [0.15, 0.2) is 30.3 Å². The fraction of sp³-hybridized carbons (Fsp3) is 0.481. The highest BCUT2D eigenvalue weighted by atomic mass is 17.2. The number of aliphatic hydroxyl groups excluding tert-OH is 2. The molecule has 4 aliphatic heterocycles. The number of fused-ring (bicyclic) bond motifs is 6. The van der Waals surface area contributed by atoms with Crippen LogP contribution in [0.5, 0.6) is 28.7 Å². The molecule has 0 unspecified atom stereocenters. The third-order valence-corrected chi connectivity index (χ3v) is 7.23. The van der Waals surface area contributed by atoms with Crippen molar-refractivity contribution >= 4 is 11.9 Å². The molecule has 0 spiro atoms. The van der Waals surface area contributed by atoms with Crippen LogP contribution >= 0.6 is 0 Å². The Bertz CT molecular complexity index is 1340. The van der Waals surface area contributed by atoms with Crippen LogP contribution in [-0.4, -0.2) is 91.1 Å². The van der Waals surface area contributed by atoms with Gasteiger partial charge in [-0.2, -0.15) is 4.89 Å². The number of aliphatic carboxylic acids is 1. The average Bonchev–Trinajstić information content (AvgIpc) is 3.58. The first-order valence-corrected chi connectivity index (χ1v) is 13.2. The molecule has 0 saturated carbocycles. The van der Waals surface area contributed by atoms with Crippen LogP contribution in [0.25, 0.3) is 0 Å². The van der Waals surface area contributed by atoms with E-state index in [9.17, 15) is 19.8 Å². The van der Waals surface area contributed by atoms with Crippen LogP contribution in [0, 0.1) is 0 Å². The van der Waals surface area contributed by atoms with Crippen molar-refractivity contribution in [3.05, 3.63) is 41.5 Å². The lowest BCUT2D eigenvalue weighted by molar-refractivity contribution is -0.372. The molecule has 15 nitrogen and oxygen atoms in total. The average molecular weight is 592 g/mol. The Hall–Kier alpha value is -3.86. The van der Waals surface area contributed by atoms with E-state index in [0.29, 0.717) is 35.2 Å². The molecule has 6 rings (SSSR count). The van der Waals surface area contributed by atoms with E-state index in [1.54, 1.807) is 24.3 Å². The molecule has 0 aliphatic carbocycles. The maximum atomic E-state index is 11.6. The molecule has 15 heteroatoms. The molecule has 2 aromatic carbocycles. The number of benzene rings is 2. The summed E-state index contributed by atoms with van der Waals surface area (Å²) in [5, 5.41) is 30.1. The summed E-state index contributed by atoms with van der Waals surface area (Å²) in [6, 6.07) is 8.69. The van der Waals surface area contributed by atoms with Crippen LogP contribution in [0.2, 0.25) is 0 Å². The van der Waals surface area contributed by atoms with E-state index < -0.39 is 55.7 Å². The highest BCUT2D eigenvalue weighted by molar-refractivity contribution is 5.90. The number of carboxylic acid groups (broad SMARTS) is 1. The molecular formula is C27H29NO14. The van der Waals surface area contributed by atoms with Gasteiger partial charge >= 0.3 is 11.9 Å². The Morgan fingerprint density at radius 2 is 1.79 bits per heavy atom. The number of carbonyl (C=O) groups excluding carboxylic acids is 1. The lowest BCUT2D eigenvalue weighted by Crippen LogP contribution is -2.60. The quantitative estimate of drug-likeness (QED) is 0.126. The fourth-order valence-electron chi connectivity index (χ4n) is 5.21. The highest BCUT2D eigenvalue weighted by Gasteiger charge is 2.48. The zero-order chi connectivity index (χ0) is 29.4. The molecule has 42 heavy (non-hydrogen) atoms. The van der Waals surface area contributed by atoms with E-state index >= 15 is 0 Å². The van der Waals surface area contributed by atoms with Crippen molar-refractivity contribution in [1.29, 1.82) is 0 Å². The van der Waals surface area contributed by atoms with Crippen LogP contribution < -0.4 is 29.6 Å². The lowest BCUT2D eigenvalue weighted by atomic mass is 9.89. The van der Waals surface area contributed by atoms with Gasteiger partial charge in [-0.3, -0.25) is 9.59 Å². The second-order valence-electron chi connectivity index (χ2n) is 9.98. The summed E-state index contributed by atoms with van der Waals surface area (Å²) in [6.07, 6.45) is -8.29. The number of hydrogen-bond donors (Lipinski definition) is 4. The second kappa shape index (κ2) is 11.8. The summed E-state index contributed by atoms with van der Waals surface area (Å²) >= 11 is 0. The van der Waals surface area contributed by atoms with Gasteiger partial charge in [-0.05, 0) is 24.3 Å². The number of carbonyl (C=O) groups is 2. The number of carboxylic acids is 1. The highest BCUT2D eigenvalue weighted by Crippen LogP contribution is 2.54. The van der Waals surface area contributed by atoms with Crippen molar-refractivity contribution < 1.29 is 67.8 Å². The second-order valence-corrected chi connectivity index (χ2v) is 9.98. The standard InChI is InChI=1S/C27H29NO14/c28-3-4-34-27-26(24(33)23(32)20(40-27)10-36-22(31)8-21(29)30)42-41-12-1-2-16-14(5-12)25-15(9-35-16)13-6-18-19(38-11-37-18)7-17(13)39-25/h1-2,5-7,15,20,23-27,32-33H,3-4,8-11,28H2,(H,29,30)/t15-,20-,23-,24+,25+,26+,27-/m1/s1. The SMILES string of the molecule is NCCO[C@@H]1O[C@H](COC(=O)CC(=O)O)[C@@H](O)[C@H](O)[C@@H]1OOc1ccc2c(c1)[C@@H]1Oc3cc4c(cc3[C@H]1CO2)OCO4. The number of esters is 1. The molecule has 0 radical (unpaired) electrons. The molecule has 1 fully saturated rings. The first kappa shape index (κ1) is 28.3. The van der Waals surface area contributed by atoms with Crippen molar-refractivity contribution in [3.8, 4) is 28.7 Å². The van der Waals surface area contributed by atoms with Crippen LogP contribution in [0.4, 0.5) is 0 Å². The van der Waals surface area contributed by atoms with Crippen LogP contribution in [0.1, 0.15) is 29.6 Å². The monoisotopic (exact) mass is 591 g/mol. The summed E-state index contributed by atoms with van der Waals surface area (Å²) in [6.45, 7) is 0.148. The first-order chi connectivity index (χ1) is 20.3. The van der Waals surface area contributed by atoms with Crippen molar-refractivity contribution in [3.63, 3.8) is 0 Å². The van der Waals surface area contributed by atoms with Crippen molar-refractivity contribution in [2.45, 2.75) is 49.1 Å². The van der Waals surface area contributed by atoms with Gasteiger partial charge < -0.3 is 59.1 Å². The van der Waals surface area contributed by atoms with Crippen molar-refractivity contribution in [2.24, 2.45) is 5.73 Å². The predicted molar refractivity (Wildman–Crippen MR) is 135 cm³/mol. The van der Waals surface area contributed by atoms with Gasteiger partial charge in [0.15, 0.2) is 29.6 Å². The molecule has 4 heterocycles. The number of rotatable bonds is 10. The Balaban J connectivity index is 1.13. The fourth-order valence-corrected chi connectivity index (χ4v) is 5.21. The summed E-state index contributed by atoms with van der Waals surface area (Å²) in [5.41, 5.74) is 7.19. The Kier molecular flexibility index (Phi) is 7.94. The molecule has 2 aromatic rings. The van der Waals surface area contributed by atoms with E-state index in [1.165, 1.54) is 0 Å². The zero-order valence-electron chi connectivity index (χ0n) is 22.1.